The van der Waals surface area contributed by atoms with Crippen LogP contribution in [0, 0.1) is 0 Å². The van der Waals surface area contributed by atoms with E-state index in [1.54, 1.807) is 18.5 Å². The van der Waals surface area contributed by atoms with Crippen LogP contribution in [0.4, 0.5) is 0 Å². The number of nitrogens with zero attached hydrogens (tertiary/aromatic N) is 2. The summed E-state index contributed by atoms with van der Waals surface area (Å²) in [6.45, 7) is 0. The maximum Gasteiger partial charge on any atom is 0.130 e. The Morgan fingerprint density at radius 1 is 1.67 bits per heavy atom. The van der Waals surface area contributed by atoms with Crippen molar-refractivity contribution in [2.45, 2.75) is 5.03 Å². The minimum Gasteiger partial charge on any atom is -0.253 e. The van der Waals surface area contributed by atoms with Crippen molar-refractivity contribution in [3.05, 3.63) is 18.6 Å². The molecular weight excluding hydrogens is 136 g/mol. The normalized spacial score (nSPS) is 13.0. The van der Waals surface area contributed by atoms with Crippen LogP contribution < -0.4 is 0 Å². The molecule has 0 saturated heterocycles. The second kappa shape index (κ2) is 2.68. The van der Waals surface area contributed by atoms with Gasteiger partial charge in [-0.15, -0.1) is 0 Å². The summed E-state index contributed by atoms with van der Waals surface area (Å²) in [5.74, 6) is 0. The highest BCUT2D eigenvalue weighted by Crippen LogP contribution is 1.94. The van der Waals surface area contributed by atoms with Crippen LogP contribution in [0.3, 0.4) is 0 Å². The van der Waals surface area contributed by atoms with Gasteiger partial charge in [-0.05, 0) is 6.07 Å². The Kier molecular flexibility index (Phi) is 1.89. The van der Waals surface area contributed by atoms with Crippen LogP contribution in [0.25, 0.3) is 0 Å². The van der Waals surface area contributed by atoms with Gasteiger partial charge in [-0.1, -0.05) is 0 Å². The topological polar surface area (TPSA) is 42.9 Å². The van der Waals surface area contributed by atoms with E-state index in [4.69, 9.17) is 0 Å². The number of hydrogen-bond donors (Lipinski definition) is 0. The Hall–Kier alpha value is -0.770. The molecule has 9 heavy (non-hydrogen) atoms. The average molecular weight is 142 g/mol. The minimum absolute atomic E-state index is 0.574. The molecule has 1 rings (SSSR count). The lowest BCUT2D eigenvalue weighted by molar-refractivity contribution is 0.683. The predicted octanol–water partition coefficient (Wildman–Crippen LogP) is 0.214. The highest BCUT2D eigenvalue weighted by Gasteiger charge is 1.93. The van der Waals surface area contributed by atoms with E-state index >= 15 is 0 Å². The van der Waals surface area contributed by atoms with Crippen LogP contribution in [0.2, 0.25) is 0 Å². The van der Waals surface area contributed by atoms with Gasteiger partial charge < -0.3 is 0 Å². The van der Waals surface area contributed by atoms with E-state index in [1.807, 2.05) is 0 Å². The Bertz CT molecular complexity index is 211. The van der Waals surface area contributed by atoms with Gasteiger partial charge in [0.15, 0.2) is 0 Å². The average Bonchev–Trinajstić information content (AvgIpc) is 1.90. The molecule has 1 heterocycles. The lowest BCUT2D eigenvalue weighted by Gasteiger charge is -1.89. The standard InChI is InChI=1S/C5H6N2OS/c1-9(8)5-2-3-6-4-7-5/h2-4H,1H3/t9-/m0/s1. The quantitative estimate of drug-likeness (QED) is 0.526. The van der Waals surface area contributed by atoms with E-state index in [2.05, 4.69) is 9.97 Å². The zero-order chi connectivity index (χ0) is 6.69. The summed E-state index contributed by atoms with van der Waals surface area (Å²) >= 11 is 0. The van der Waals surface area contributed by atoms with Crippen LogP contribution in [0.1, 0.15) is 0 Å². The van der Waals surface area contributed by atoms with E-state index in [0.29, 0.717) is 5.03 Å². The molecular formula is C5H6N2OS. The summed E-state index contributed by atoms with van der Waals surface area (Å²) < 4.78 is 10.7. The van der Waals surface area contributed by atoms with Crippen LogP contribution >= 0.6 is 0 Å². The molecule has 0 bridgehead atoms. The molecule has 0 radical (unpaired) electrons. The van der Waals surface area contributed by atoms with Gasteiger partial charge in [-0.3, -0.25) is 4.21 Å². The summed E-state index contributed by atoms with van der Waals surface area (Å²) in [5, 5.41) is 0.574. The second-order valence-corrected chi connectivity index (χ2v) is 2.83. The van der Waals surface area contributed by atoms with Gasteiger partial charge in [0.1, 0.15) is 11.4 Å². The molecule has 0 aliphatic rings. The molecule has 1 atom stereocenters. The number of aromatic nitrogens is 2. The van der Waals surface area contributed by atoms with Gasteiger partial charge in [0.2, 0.25) is 0 Å². The molecule has 0 unspecified atom stereocenters. The van der Waals surface area contributed by atoms with E-state index in [0.717, 1.165) is 0 Å². The Morgan fingerprint density at radius 3 is 2.78 bits per heavy atom. The fraction of sp³-hybridized carbons (Fsp3) is 0.200. The zero-order valence-electron chi connectivity index (χ0n) is 4.94. The maximum absolute atomic E-state index is 10.7. The molecule has 48 valence electrons. The van der Waals surface area contributed by atoms with Crippen molar-refractivity contribution in [3.8, 4) is 0 Å². The fourth-order valence-corrected chi connectivity index (χ4v) is 0.897. The van der Waals surface area contributed by atoms with Gasteiger partial charge in [-0.2, -0.15) is 0 Å². The van der Waals surface area contributed by atoms with Crippen LogP contribution in [0.15, 0.2) is 23.6 Å². The fourth-order valence-electron chi connectivity index (χ4n) is 0.449. The summed E-state index contributed by atoms with van der Waals surface area (Å²) in [4.78, 5) is 7.45. The first kappa shape index (κ1) is 6.35. The second-order valence-electron chi connectivity index (χ2n) is 1.50. The third-order valence-electron chi connectivity index (χ3n) is 0.849. The van der Waals surface area contributed by atoms with Gasteiger partial charge in [0, 0.05) is 12.5 Å². The highest BCUT2D eigenvalue weighted by molar-refractivity contribution is 7.84. The van der Waals surface area contributed by atoms with Crippen molar-refractivity contribution < 1.29 is 4.21 Å². The lowest BCUT2D eigenvalue weighted by Crippen LogP contribution is -1.90. The van der Waals surface area contributed by atoms with E-state index in [1.165, 1.54) is 6.33 Å². The Balaban J connectivity index is 2.98. The molecule has 0 aliphatic heterocycles. The van der Waals surface area contributed by atoms with Crippen LogP contribution in [0.5, 0.6) is 0 Å². The smallest absolute Gasteiger partial charge is 0.130 e. The molecule has 0 saturated carbocycles. The van der Waals surface area contributed by atoms with Gasteiger partial charge in [0.25, 0.3) is 0 Å². The van der Waals surface area contributed by atoms with E-state index < -0.39 is 10.8 Å². The number of hydrogen-bond acceptors (Lipinski definition) is 3. The van der Waals surface area contributed by atoms with Crippen molar-refractivity contribution in [2.75, 3.05) is 6.26 Å². The van der Waals surface area contributed by atoms with E-state index in [9.17, 15) is 4.21 Å². The maximum atomic E-state index is 10.7. The molecule has 0 N–H and O–H groups in total. The SMILES string of the molecule is C[S@](=O)c1ccncn1. The largest absolute Gasteiger partial charge is 0.253 e. The minimum atomic E-state index is -0.980. The first-order valence-electron chi connectivity index (χ1n) is 2.40. The third-order valence-corrected chi connectivity index (χ3v) is 1.68. The van der Waals surface area contributed by atoms with Crippen LogP contribution in [-0.2, 0) is 10.8 Å². The van der Waals surface area contributed by atoms with Crippen LogP contribution in [-0.4, -0.2) is 20.4 Å². The van der Waals surface area contributed by atoms with Gasteiger partial charge in [-0.25, -0.2) is 9.97 Å². The summed E-state index contributed by atoms with van der Waals surface area (Å²) in [7, 11) is -0.980. The highest BCUT2D eigenvalue weighted by atomic mass is 32.2. The molecule has 1 aromatic heterocycles. The first-order valence-corrected chi connectivity index (χ1v) is 3.96. The number of rotatable bonds is 1. The van der Waals surface area contributed by atoms with Crippen molar-refractivity contribution >= 4 is 10.8 Å². The van der Waals surface area contributed by atoms with Gasteiger partial charge >= 0.3 is 0 Å². The summed E-state index contributed by atoms with van der Waals surface area (Å²) in [5.41, 5.74) is 0. The summed E-state index contributed by atoms with van der Waals surface area (Å²) in [6, 6.07) is 1.64. The van der Waals surface area contributed by atoms with Crippen molar-refractivity contribution in [3.63, 3.8) is 0 Å². The van der Waals surface area contributed by atoms with Gasteiger partial charge in [0.05, 0.1) is 10.8 Å². The van der Waals surface area contributed by atoms with Crippen molar-refractivity contribution in [2.24, 2.45) is 0 Å². The first-order chi connectivity index (χ1) is 4.30. The molecule has 0 spiro atoms. The third kappa shape index (κ3) is 1.57. The molecule has 1 aromatic rings. The molecule has 0 aromatic carbocycles. The predicted molar refractivity (Wildman–Crippen MR) is 34.4 cm³/mol. The molecule has 4 heteroatoms. The summed E-state index contributed by atoms with van der Waals surface area (Å²) in [6.07, 6.45) is 4.54. The Labute approximate surface area is 55.6 Å². The molecule has 0 fully saturated rings. The zero-order valence-corrected chi connectivity index (χ0v) is 5.76. The lowest BCUT2D eigenvalue weighted by atomic mass is 10.7. The van der Waals surface area contributed by atoms with Crippen molar-refractivity contribution in [1.82, 2.24) is 9.97 Å². The molecule has 0 aliphatic carbocycles. The molecule has 0 amide bonds. The monoisotopic (exact) mass is 142 g/mol. The van der Waals surface area contributed by atoms with E-state index in [-0.39, 0.29) is 0 Å². The Morgan fingerprint density at radius 2 is 2.44 bits per heavy atom. The van der Waals surface area contributed by atoms with Crippen molar-refractivity contribution in [1.29, 1.82) is 0 Å². The molecule has 3 nitrogen and oxygen atoms in total.